The molecule has 1 aromatic rings. The zero-order chi connectivity index (χ0) is 12.1. The highest BCUT2D eigenvalue weighted by Gasteiger charge is 2.11. The van der Waals surface area contributed by atoms with Crippen molar-refractivity contribution in [3.63, 3.8) is 0 Å². The number of hydrogen-bond acceptors (Lipinski definition) is 1. The number of aryl methyl sites for hydroxylation is 1. The van der Waals surface area contributed by atoms with E-state index in [2.05, 4.69) is 37.1 Å². The number of likely N-dealkylation sites (N-methyl/N-ethyl adjacent to an activating group) is 1. The third-order valence-corrected chi connectivity index (χ3v) is 3.87. The second-order valence-electron chi connectivity index (χ2n) is 5.36. The van der Waals surface area contributed by atoms with Crippen LogP contribution < -0.4 is 0 Å². The van der Waals surface area contributed by atoms with E-state index in [4.69, 9.17) is 0 Å². The summed E-state index contributed by atoms with van der Waals surface area (Å²) in [6.07, 6.45) is 7.73. The van der Waals surface area contributed by atoms with Crippen LogP contribution in [0.5, 0.6) is 0 Å². The first-order chi connectivity index (χ1) is 8.29. The molecule has 0 aromatic heterocycles. The van der Waals surface area contributed by atoms with Gasteiger partial charge in [0, 0.05) is 13.1 Å². The minimum Gasteiger partial charge on any atom is -0.306 e. The van der Waals surface area contributed by atoms with Crippen LogP contribution in [0.4, 0.5) is 0 Å². The molecule has 1 aliphatic rings. The van der Waals surface area contributed by atoms with Crippen LogP contribution >= 0.6 is 0 Å². The third kappa shape index (κ3) is 3.57. The molecule has 0 fully saturated rings. The summed E-state index contributed by atoms with van der Waals surface area (Å²) in [4.78, 5) is 2.44. The quantitative estimate of drug-likeness (QED) is 0.717. The number of nitrogens with zero attached hydrogens (tertiary/aromatic N) is 1. The van der Waals surface area contributed by atoms with Crippen LogP contribution in [0.3, 0.4) is 0 Å². The first-order valence-corrected chi connectivity index (χ1v) is 7.09. The van der Waals surface area contributed by atoms with Gasteiger partial charge in [0.05, 0.1) is 0 Å². The Morgan fingerprint density at radius 1 is 1.06 bits per heavy atom. The summed E-state index contributed by atoms with van der Waals surface area (Å²) >= 11 is 0. The van der Waals surface area contributed by atoms with Gasteiger partial charge in [0.15, 0.2) is 0 Å². The molecule has 94 valence electrons. The molecule has 0 amide bonds. The first-order valence-electron chi connectivity index (χ1n) is 7.09. The Morgan fingerprint density at radius 3 is 2.59 bits per heavy atom. The van der Waals surface area contributed by atoms with Crippen molar-refractivity contribution in [3.8, 4) is 0 Å². The lowest BCUT2D eigenvalue weighted by atomic mass is 9.97. The van der Waals surface area contributed by atoms with Crippen LogP contribution in [0.2, 0.25) is 0 Å². The van der Waals surface area contributed by atoms with Crippen molar-refractivity contribution in [1.29, 1.82) is 0 Å². The molecule has 0 unspecified atom stereocenters. The number of hydrogen-bond donors (Lipinski definition) is 0. The Bertz CT molecular complexity index is 357. The normalized spacial score (nSPS) is 16.6. The number of benzene rings is 1. The van der Waals surface area contributed by atoms with Crippen molar-refractivity contribution < 1.29 is 0 Å². The standard InChI is InChI=1S/C16H25N/c1-3-4-5-6-14-7-8-15-9-11-17(2)12-10-16(15)13-14/h7-8,13H,3-6,9-12H2,1-2H3. The van der Waals surface area contributed by atoms with Gasteiger partial charge >= 0.3 is 0 Å². The van der Waals surface area contributed by atoms with Crippen LogP contribution in [0.15, 0.2) is 18.2 Å². The van der Waals surface area contributed by atoms with E-state index < -0.39 is 0 Å². The molecule has 1 heteroatoms. The van der Waals surface area contributed by atoms with Crippen molar-refractivity contribution in [1.82, 2.24) is 4.90 Å². The van der Waals surface area contributed by atoms with Gasteiger partial charge in [0.2, 0.25) is 0 Å². The maximum atomic E-state index is 2.46. The molecule has 17 heavy (non-hydrogen) atoms. The van der Waals surface area contributed by atoms with Gasteiger partial charge in [-0.05, 0) is 49.4 Å². The summed E-state index contributed by atoms with van der Waals surface area (Å²) < 4.78 is 0. The Balaban J connectivity index is 2.03. The van der Waals surface area contributed by atoms with Crippen LogP contribution in [0.1, 0.15) is 42.9 Å². The first kappa shape index (κ1) is 12.6. The van der Waals surface area contributed by atoms with Crippen LogP contribution in [0, 0.1) is 0 Å². The smallest absolute Gasteiger partial charge is 0.00190 e. The van der Waals surface area contributed by atoms with Gasteiger partial charge in [-0.1, -0.05) is 38.0 Å². The van der Waals surface area contributed by atoms with Gasteiger partial charge in [-0.2, -0.15) is 0 Å². The summed E-state index contributed by atoms with van der Waals surface area (Å²) in [5.74, 6) is 0. The molecule has 0 radical (unpaired) electrons. The van der Waals surface area contributed by atoms with Crippen LogP contribution in [0.25, 0.3) is 0 Å². The molecule has 0 saturated heterocycles. The van der Waals surface area contributed by atoms with Gasteiger partial charge in [-0.3, -0.25) is 0 Å². The molecule has 0 atom stereocenters. The van der Waals surface area contributed by atoms with Gasteiger partial charge < -0.3 is 4.90 Å². The second kappa shape index (κ2) is 6.20. The summed E-state index contributed by atoms with van der Waals surface area (Å²) in [6, 6.07) is 7.18. The fourth-order valence-corrected chi connectivity index (χ4v) is 2.62. The van der Waals surface area contributed by atoms with E-state index in [0.29, 0.717) is 0 Å². The monoisotopic (exact) mass is 231 g/mol. The van der Waals surface area contributed by atoms with E-state index in [1.54, 1.807) is 16.7 Å². The molecule has 0 saturated carbocycles. The Labute approximate surface area is 106 Å². The van der Waals surface area contributed by atoms with Crippen molar-refractivity contribution in [3.05, 3.63) is 34.9 Å². The van der Waals surface area contributed by atoms with Crippen molar-refractivity contribution in [2.24, 2.45) is 0 Å². The topological polar surface area (TPSA) is 3.24 Å². The lowest BCUT2D eigenvalue weighted by Gasteiger charge is -2.10. The summed E-state index contributed by atoms with van der Waals surface area (Å²) in [5.41, 5.74) is 4.72. The summed E-state index contributed by atoms with van der Waals surface area (Å²) in [6.45, 7) is 4.69. The molecule has 1 aliphatic heterocycles. The summed E-state index contributed by atoms with van der Waals surface area (Å²) in [7, 11) is 2.23. The average Bonchev–Trinajstić information content (AvgIpc) is 2.52. The molecule has 0 spiro atoms. The van der Waals surface area contributed by atoms with E-state index in [-0.39, 0.29) is 0 Å². The zero-order valence-corrected chi connectivity index (χ0v) is 11.3. The van der Waals surface area contributed by atoms with Crippen LogP contribution in [-0.4, -0.2) is 25.0 Å². The average molecular weight is 231 g/mol. The van der Waals surface area contributed by atoms with Gasteiger partial charge in [0.1, 0.15) is 0 Å². The summed E-state index contributed by atoms with van der Waals surface area (Å²) in [5, 5.41) is 0. The largest absolute Gasteiger partial charge is 0.306 e. The Kier molecular flexibility index (Phi) is 4.61. The van der Waals surface area contributed by atoms with Crippen molar-refractivity contribution in [2.45, 2.75) is 45.4 Å². The van der Waals surface area contributed by atoms with Crippen molar-refractivity contribution >= 4 is 0 Å². The van der Waals surface area contributed by atoms with E-state index in [1.165, 1.54) is 51.6 Å². The number of rotatable bonds is 4. The molecular formula is C16H25N. The molecule has 0 aliphatic carbocycles. The Morgan fingerprint density at radius 2 is 1.82 bits per heavy atom. The minimum atomic E-state index is 1.21. The molecule has 0 N–H and O–H groups in total. The molecule has 0 bridgehead atoms. The number of fused-ring (bicyclic) bond motifs is 1. The fourth-order valence-electron chi connectivity index (χ4n) is 2.62. The third-order valence-electron chi connectivity index (χ3n) is 3.87. The highest BCUT2D eigenvalue weighted by molar-refractivity contribution is 5.33. The zero-order valence-electron chi connectivity index (χ0n) is 11.3. The fraction of sp³-hybridized carbons (Fsp3) is 0.625. The highest BCUT2D eigenvalue weighted by Crippen LogP contribution is 2.18. The van der Waals surface area contributed by atoms with Gasteiger partial charge in [-0.25, -0.2) is 0 Å². The molecular weight excluding hydrogens is 206 g/mol. The molecule has 2 rings (SSSR count). The van der Waals surface area contributed by atoms with Crippen LogP contribution in [-0.2, 0) is 19.3 Å². The van der Waals surface area contributed by atoms with Crippen molar-refractivity contribution in [2.75, 3.05) is 20.1 Å². The van der Waals surface area contributed by atoms with E-state index in [9.17, 15) is 0 Å². The predicted octanol–water partition coefficient (Wildman–Crippen LogP) is 3.45. The predicted molar refractivity (Wildman–Crippen MR) is 74.6 cm³/mol. The minimum absolute atomic E-state index is 1.21. The number of unbranched alkanes of at least 4 members (excludes halogenated alkanes) is 2. The molecule has 1 aromatic carbocycles. The van der Waals surface area contributed by atoms with Gasteiger partial charge in [-0.15, -0.1) is 0 Å². The maximum absolute atomic E-state index is 2.46. The SMILES string of the molecule is CCCCCc1ccc2c(c1)CCN(C)CC2. The second-order valence-corrected chi connectivity index (χ2v) is 5.36. The lowest BCUT2D eigenvalue weighted by molar-refractivity contribution is 0.352. The molecule has 1 heterocycles. The molecule has 1 nitrogen and oxygen atoms in total. The Hall–Kier alpha value is -0.820. The van der Waals surface area contributed by atoms with E-state index in [1.807, 2.05) is 0 Å². The maximum Gasteiger partial charge on any atom is 0.00190 e. The highest BCUT2D eigenvalue weighted by atomic mass is 15.1. The van der Waals surface area contributed by atoms with E-state index >= 15 is 0 Å². The van der Waals surface area contributed by atoms with E-state index in [0.717, 1.165) is 0 Å². The lowest BCUT2D eigenvalue weighted by Crippen LogP contribution is -2.20. The van der Waals surface area contributed by atoms with Gasteiger partial charge in [0.25, 0.3) is 0 Å².